The minimum absolute atomic E-state index is 0.0797. The Morgan fingerprint density at radius 1 is 1.69 bits per heavy atom. The number of nitriles is 1. The lowest BCUT2D eigenvalue weighted by molar-refractivity contribution is 0.319. The van der Waals surface area contributed by atoms with Crippen molar-refractivity contribution in [2.75, 3.05) is 19.5 Å². The zero-order chi connectivity index (χ0) is 9.68. The molecule has 0 fully saturated rings. The number of anilines is 1. The summed E-state index contributed by atoms with van der Waals surface area (Å²) in [4.78, 5) is 7.45. The highest BCUT2D eigenvalue weighted by atomic mass is 16.5. The summed E-state index contributed by atoms with van der Waals surface area (Å²) in [5, 5.41) is 8.26. The van der Waals surface area contributed by atoms with Gasteiger partial charge < -0.3 is 15.2 Å². The summed E-state index contributed by atoms with van der Waals surface area (Å²) in [5.41, 5.74) is 5.31. The number of aromatic nitrogens is 2. The fraction of sp³-hybridized carbons (Fsp3) is 0.286. The Morgan fingerprint density at radius 3 is 3.08 bits per heavy atom. The number of ether oxygens (including phenoxy) is 2. The van der Waals surface area contributed by atoms with E-state index < -0.39 is 0 Å². The first-order valence-electron chi connectivity index (χ1n) is 3.44. The Hall–Kier alpha value is -2.03. The van der Waals surface area contributed by atoms with Gasteiger partial charge in [-0.05, 0) is 0 Å². The summed E-state index contributed by atoms with van der Waals surface area (Å²) in [6.45, 7) is -0.0797. The van der Waals surface area contributed by atoms with Crippen LogP contribution in [0.2, 0.25) is 0 Å². The Labute approximate surface area is 74.9 Å². The molecule has 0 saturated carbocycles. The maximum absolute atomic E-state index is 8.26. The molecule has 0 aliphatic heterocycles. The minimum Gasteiger partial charge on any atom is -0.478 e. The first-order chi connectivity index (χ1) is 6.27. The van der Waals surface area contributed by atoms with Crippen LogP contribution < -0.4 is 15.2 Å². The third-order valence-corrected chi connectivity index (χ3v) is 1.23. The molecule has 0 atom stereocenters. The molecular weight excluding hydrogens is 172 g/mol. The van der Waals surface area contributed by atoms with Crippen LogP contribution in [-0.2, 0) is 0 Å². The van der Waals surface area contributed by atoms with Crippen molar-refractivity contribution >= 4 is 5.95 Å². The quantitative estimate of drug-likeness (QED) is 0.701. The number of rotatable bonds is 3. The molecule has 0 amide bonds. The van der Waals surface area contributed by atoms with E-state index in [1.165, 1.54) is 13.3 Å². The van der Waals surface area contributed by atoms with E-state index in [2.05, 4.69) is 9.97 Å². The third-order valence-electron chi connectivity index (χ3n) is 1.23. The Morgan fingerprint density at radius 2 is 2.46 bits per heavy atom. The van der Waals surface area contributed by atoms with E-state index in [-0.39, 0.29) is 18.4 Å². The molecule has 6 nitrogen and oxygen atoms in total. The summed E-state index contributed by atoms with van der Waals surface area (Å²) in [6, 6.07) is 1.82. The van der Waals surface area contributed by atoms with E-state index in [1.807, 2.05) is 6.07 Å². The fourth-order valence-electron chi connectivity index (χ4n) is 0.723. The average Bonchev–Trinajstić information content (AvgIpc) is 2.16. The average molecular weight is 180 g/mol. The van der Waals surface area contributed by atoms with Crippen molar-refractivity contribution in [1.29, 1.82) is 5.26 Å². The third kappa shape index (κ3) is 2.20. The number of hydrogen-bond donors (Lipinski definition) is 1. The van der Waals surface area contributed by atoms with Crippen LogP contribution in [0.15, 0.2) is 6.20 Å². The van der Waals surface area contributed by atoms with Crippen LogP contribution in [0.25, 0.3) is 0 Å². The standard InChI is InChI=1S/C7H8N4O2/c1-12-6-5(13-3-2-8)4-10-7(9)11-6/h4H,3H2,1H3,(H2,9,10,11). The van der Waals surface area contributed by atoms with Gasteiger partial charge in [-0.2, -0.15) is 10.2 Å². The van der Waals surface area contributed by atoms with Crippen LogP contribution in [0, 0.1) is 11.3 Å². The van der Waals surface area contributed by atoms with Gasteiger partial charge in [-0.1, -0.05) is 0 Å². The molecular formula is C7H8N4O2. The van der Waals surface area contributed by atoms with Crippen LogP contribution in [0.1, 0.15) is 0 Å². The van der Waals surface area contributed by atoms with E-state index in [9.17, 15) is 0 Å². The second kappa shape index (κ2) is 4.11. The van der Waals surface area contributed by atoms with Gasteiger partial charge in [0.2, 0.25) is 11.7 Å². The number of nitrogen functional groups attached to an aromatic ring is 1. The largest absolute Gasteiger partial charge is 0.478 e. The highest BCUT2D eigenvalue weighted by Crippen LogP contribution is 2.22. The van der Waals surface area contributed by atoms with E-state index >= 15 is 0 Å². The summed E-state index contributed by atoms with van der Waals surface area (Å²) in [5.74, 6) is 0.627. The SMILES string of the molecule is COc1nc(N)ncc1OCC#N. The first-order valence-corrected chi connectivity index (χ1v) is 3.44. The molecule has 1 rings (SSSR count). The predicted octanol–water partition coefficient (Wildman–Crippen LogP) is -0.0302. The van der Waals surface area contributed by atoms with E-state index in [1.54, 1.807) is 0 Å². The molecule has 0 saturated heterocycles. The predicted molar refractivity (Wildman–Crippen MR) is 44.1 cm³/mol. The van der Waals surface area contributed by atoms with Crippen molar-refractivity contribution in [2.24, 2.45) is 0 Å². The molecule has 0 bridgehead atoms. The van der Waals surface area contributed by atoms with Gasteiger partial charge in [-0.25, -0.2) is 4.98 Å². The monoisotopic (exact) mass is 180 g/mol. The van der Waals surface area contributed by atoms with Crippen molar-refractivity contribution in [2.45, 2.75) is 0 Å². The zero-order valence-corrected chi connectivity index (χ0v) is 7.02. The number of methoxy groups -OCH3 is 1. The second-order valence-electron chi connectivity index (χ2n) is 2.05. The number of nitrogens with zero attached hydrogens (tertiary/aromatic N) is 3. The normalized spacial score (nSPS) is 8.92. The van der Waals surface area contributed by atoms with Crippen molar-refractivity contribution in [3.05, 3.63) is 6.20 Å². The second-order valence-corrected chi connectivity index (χ2v) is 2.05. The van der Waals surface area contributed by atoms with Crippen LogP contribution in [0.5, 0.6) is 11.6 Å². The summed E-state index contributed by atoms with van der Waals surface area (Å²) >= 11 is 0. The van der Waals surface area contributed by atoms with Crippen LogP contribution in [0.3, 0.4) is 0 Å². The van der Waals surface area contributed by atoms with Crippen molar-refractivity contribution in [3.63, 3.8) is 0 Å². The number of hydrogen-bond acceptors (Lipinski definition) is 6. The Bertz CT molecular complexity index is 334. The van der Waals surface area contributed by atoms with Crippen molar-refractivity contribution in [1.82, 2.24) is 9.97 Å². The highest BCUT2D eigenvalue weighted by molar-refractivity contribution is 5.35. The molecule has 6 heteroatoms. The summed E-state index contributed by atoms with van der Waals surface area (Å²) in [6.07, 6.45) is 1.36. The van der Waals surface area contributed by atoms with Gasteiger partial charge in [-0.15, -0.1) is 0 Å². The molecule has 0 aliphatic carbocycles. The molecule has 0 spiro atoms. The summed E-state index contributed by atoms with van der Waals surface area (Å²) in [7, 11) is 1.43. The highest BCUT2D eigenvalue weighted by Gasteiger charge is 2.06. The molecule has 1 aromatic rings. The molecule has 1 aromatic heterocycles. The molecule has 0 radical (unpaired) electrons. The maximum Gasteiger partial charge on any atom is 0.261 e. The van der Waals surface area contributed by atoms with Gasteiger partial charge in [0.05, 0.1) is 13.3 Å². The smallest absolute Gasteiger partial charge is 0.261 e. The molecule has 2 N–H and O–H groups in total. The molecule has 0 aliphatic rings. The lowest BCUT2D eigenvalue weighted by Gasteiger charge is -2.05. The van der Waals surface area contributed by atoms with E-state index in [0.29, 0.717) is 5.75 Å². The van der Waals surface area contributed by atoms with Crippen molar-refractivity contribution in [3.8, 4) is 17.7 Å². The van der Waals surface area contributed by atoms with Gasteiger partial charge in [0.25, 0.3) is 5.88 Å². The topological polar surface area (TPSA) is 94.1 Å². The molecule has 0 unspecified atom stereocenters. The zero-order valence-electron chi connectivity index (χ0n) is 7.02. The van der Waals surface area contributed by atoms with Gasteiger partial charge in [0, 0.05) is 0 Å². The van der Waals surface area contributed by atoms with Crippen LogP contribution >= 0.6 is 0 Å². The van der Waals surface area contributed by atoms with Crippen LogP contribution in [0.4, 0.5) is 5.95 Å². The lowest BCUT2D eigenvalue weighted by Crippen LogP contribution is -2.02. The minimum atomic E-state index is -0.0797. The van der Waals surface area contributed by atoms with Crippen LogP contribution in [-0.4, -0.2) is 23.7 Å². The fourth-order valence-corrected chi connectivity index (χ4v) is 0.723. The molecule has 0 aromatic carbocycles. The Balaban J connectivity index is 2.87. The Kier molecular flexibility index (Phi) is 2.87. The maximum atomic E-state index is 8.26. The van der Waals surface area contributed by atoms with E-state index in [4.69, 9.17) is 20.5 Å². The summed E-state index contributed by atoms with van der Waals surface area (Å²) < 4.78 is 9.82. The first kappa shape index (κ1) is 9.06. The molecule has 68 valence electrons. The van der Waals surface area contributed by atoms with Gasteiger partial charge in [0.15, 0.2) is 6.61 Å². The molecule has 13 heavy (non-hydrogen) atoms. The lowest BCUT2D eigenvalue weighted by atomic mass is 10.5. The van der Waals surface area contributed by atoms with Gasteiger partial charge in [-0.3, -0.25) is 0 Å². The number of nitrogens with two attached hydrogens (primary N) is 1. The van der Waals surface area contributed by atoms with Gasteiger partial charge >= 0.3 is 0 Å². The molecule has 1 heterocycles. The van der Waals surface area contributed by atoms with E-state index in [0.717, 1.165) is 0 Å². The van der Waals surface area contributed by atoms with Crippen molar-refractivity contribution < 1.29 is 9.47 Å². The van der Waals surface area contributed by atoms with Gasteiger partial charge in [0.1, 0.15) is 6.07 Å².